The molecule has 3 amide bonds. The molecule has 0 aliphatic rings. The van der Waals surface area contributed by atoms with Crippen LogP contribution in [0.5, 0.6) is 17.2 Å². The third-order valence-electron chi connectivity index (χ3n) is 4.56. The van der Waals surface area contributed by atoms with Crippen LogP contribution in [-0.4, -0.2) is 44.8 Å². The van der Waals surface area contributed by atoms with Gasteiger partial charge in [-0.25, -0.2) is 5.43 Å². The van der Waals surface area contributed by atoms with Gasteiger partial charge in [0.1, 0.15) is 17.2 Å². The fraction of sp³-hybridized carbons (Fsp3) is 0.120. The lowest BCUT2D eigenvalue weighted by Crippen LogP contribution is -2.32. The van der Waals surface area contributed by atoms with Gasteiger partial charge < -0.3 is 24.8 Å². The fourth-order valence-corrected chi connectivity index (χ4v) is 2.90. The van der Waals surface area contributed by atoms with Gasteiger partial charge in [0.15, 0.2) is 6.61 Å². The highest BCUT2D eigenvalue weighted by Gasteiger charge is 2.15. The van der Waals surface area contributed by atoms with E-state index in [2.05, 4.69) is 21.2 Å². The summed E-state index contributed by atoms with van der Waals surface area (Å²) in [6.45, 7) is -0.254. The minimum absolute atomic E-state index is 0.254. The van der Waals surface area contributed by atoms with Gasteiger partial charge in [-0.1, -0.05) is 30.3 Å². The summed E-state index contributed by atoms with van der Waals surface area (Å²) in [7, 11) is 3.00. The molecule has 3 aromatic carbocycles. The molecule has 0 spiro atoms. The maximum Gasteiger partial charge on any atom is 0.329 e. The number of para-hydroxylation sites is 3. The molecular formula is C25H24N4O6. The highest BCUT2D eigenvalue weighted by molar-refractivity contribution is 6.39. The van der Waals surface area contributed by atoms with Crippen molar-refractivity contribution < 1.29 is 28.6 Å². The SMILES string of the molecule is COc1cccc(NC(=O)COc2ccccc2/C=N\NC(=O)C(=O)Nc2ccccc2OC)c1. The lowest BCUT2D eigenvalue weighted by atomic mass is 10.2. The zero-order valence-electron chi connectivity index (χ0n) is 19.1. The number of methoxy groups -OCH3 is 2. The van der Waals surface area contributed by atoms with E-state index >= 15 is 0 Å². The Hall–Kier alpha value is -4.86. The smallest absolute Gasteiger partial charge is 0.329 e. The minimum Gasteiger partial charge on any atom is -0.497 e. The van der Waals surface area contributed by atoms with Gasteiger partial charge in [0.2, 0.25) is 0 Å². The molecule has 35 heavy (non-hydrogen) atoms. The first-order valence-corrected chi connectivity index (χ1v) is 10.4. The molecular weight excluding hydrogens is 452 g/mol. The normalized spacial score (nSPS) is 10.3. The largest absolute Gasteiger partial charge is 0.497 e. The second kappa shape index (κ2) is 12.4. The average molecular weight is 476 g/mol. The maximum atomic E-state index is 12.2. The van der Waals surface area contributed by atoms with Crippen LogP contribution in [0.4, 0.5) is 11.4 Å². The number of nitrogens with zero attached hydrogens (tertiary/aromatic N) is 1. The van der Waals surface area contributed by atoms with E-state index in [4.69, 9.17) is 14.2 Å². The van der Waals surface area contributed by atoms with Crippen LogP contribution in [-0.2, 0) is 14.4 Å². The average Bonchev–Trinajstić information content (AvgIpc) is 2.88. The summed E-state index contributed by atoms with van der Waals surface area (Å²) in [5, 5.41) is 8.98. The van der Waals surface area contributed by atoms with Gasteiger partial charge in [-0.15, -0.1) is 0 Å². The van der Waals surface area contributed by atoms with Crippen molar-refractivity contribution in [2.24, 2.45) is 5.10 Å². The number of hydrogen-bond donors (Lipinski definition) is 3. The first-order chi connectivity index (χ1) is 17.0. The van der Waals surface area contributed by atoms with Gasteiger partial charge in [-0.2, -0.15) is 5.10 Å². The quantitative estimate of drug-likeness (QED) is 0.248. The highest BCUT2D eigenvalue weighted by atomic mass is 16.5. The molecule has 0 saturated carbocycles. The standard InChI is InChI=1S/C25H24N4O6/c1-33-19-10-7-9-18(14-19)27-23(30)16-35-21-12-5-3-8-17(21)15-26-29-25(32)24(31)28-20-11-4-6-13-22(20)34-2/h3-15H,16H2,1-2H3,(H,27,30)(H,28,31)(H,29,32)/b26-15-. The summed E-state index contributed by atoms with van der Waals surface area (Å²) < 4.78 is 15.9. The lowest BCUT2D eigenvalue weighted by Gasteiger charge is -2.10. The summed E-state index contributed by atoms with van der Waals surface area (Å²) in [5.74, 6) is -0.854. The first kappa shape index (κ1) is 24.8. The van der Waals surface area contributed by atoms with Crippen molar-refractivity contribution in [3.63, 3.8) is 0 Å². The lowest BCUT2D eigenvalue weighted by molar-refractivity contribution is -0.136. The second-order valence-corrected chi connectivity index (χ2v) is 6.96. The molecule has 0 bridgehead atoms. The number of hydrazone groups is 1. The van der Waals surface area contributed by atoms with Gasteiger partial charge in [-0.05, 0) is 36.4 Å². The minimum atomic E-state index is -0.969. The predicted molar refractivity (Wildman–Crippen MR) is 131 cm³/mol. The number of carbonyl (C=O) groups is 3. The van der Waals surface area contributed by atoms with E-state index in [0.29, 0.717) is 34.2 Å². The molecule has 3 N–H and O–H groups in total. The molecule has 10 nitrogen and oxygen atoms in total. The fourth-order valence-electron chi connectivity index (χ4n) is 2.90. The Balaban J connectivity index is 1.54. The second-order valence-electron chi connectivity index (χ2n) is 6.96. The van der Waals surface area contributed by atoms with Crippen molar-refractivity contribution >= 4 is 35.3 Å². The summed E-state index contributed by atoms with van der Waals surface area (Å²) in [6, 6.07) is 20.4. The molecule has 0 saturated heterocycles. The van der Waals surface area contributed by atoms with Gasteiger partial charge in [0.25, 0.3) is 5.91 Å². The van der Waals surface area contributed by atoms with Crippen molar-refractivity contribution in [3.05, 3.63) is 78.4 Å². The number of hydrogen-bond acceptors (Lipinski definition) is 7. The Labute approximate surface area is 201 Å². The Kier molecular flexibility index (Phi) is 8.78. The summed E-state index contributed by atoms with van der Waals surface area (Å²) in [4.78, 5) is 36.5. The van der Waals surface area contributed by atoms with Crippen LogP contribution >= 0.6 is 0 Å². The van der Waals surface area contributed by atoms with E-state index in [-0.39, 0.29) is 12.5 Å². The first-order valence-electron chi connectivity index (χ1n) is 10.4. The molecule has 3 rings (SSSR count). The molecule has 0 aromatic heterocycles. The highest BCUT2D eigenvalue weighted by Crippen LogP contribution is 2.23. The number of anilines is 2. The van der Waals surface area contributed by atoms with Crippen molar-refractivity contribution in [1.29, 1.82) is 0 Å². The van der Waals surface area contributed by atoms with Crippen LogP contribution in [0.3, 0.4) is 0 Å². The summed E-state index contributed by atoms with van der Waals surface area (Å²) >= 11 is 0. The Morgan fingerprint density at radius 1 is 0.829 bits per heavy atom. The Morgan fingerprint density at radius 3 is 2.34 bits per heavy atom. The summed E-state index contributed by atoms with van der Waals surface area (Å²) in [6.07, 6.45) is 1.31. The van der Waals surface area contributed by atoms with E-state index in [0.717, 1.165) is 0 Å². The molecule has 3 aromatic rings. The van der Waals surface area contributed by atoms with Crippen molar-refractivity contribution in [3.8, 4) is 17.2 Å². The third-order valence-corrected chi connectivity index (χ3v) is 4.56. The number of amides is 3. The molecule has 0 unspecified atom stereocenters. The van der Waals surface area contributed by atoms with Gasteiger partial charge in [0.05, 0.1) is 26.1 Å². The van der Waals surface area contributed by atoms with Crippen LogP contribution < -0.4 is 30.3 Å². The molecule has 0 fully saturated rings. The number of carbonyl (C=O) groups excluding carboxylic acids is 3. The molecule has 0 radical (unpaired) electrons. The monoisotopic (exact) mass is 476 g/mol. The number of ether oxygens (including phenoxy) is 3. The van der Waals surface area contributed by atoms with Crippen LogP contribution in [0.25, 0.3) is 0 Å². The number of benzene rings is 3. The number of nitrogens with one attached hydrogen (secondary N) is 3. The molecule has 0 heterocycles. The molecule has 0 aliphatic heterocycles. The van der Waals surface area contributed by atoms with Crippen molar-refractivity contribution in [1.82, 2.24) is 5.43 Å². The van der Waals surface area contributed by atoms with Crippen LogP contribution in [0.15, 0.2) is 77.9 Å². The molecule has 10 heteroatoms. The van der Waals surface area contributed by atoms with Crippen LogP contribution in [0, 0.1) is 0 Å². The molecule has 180 valence electrons. The predicted octanol–water partition coefficient (Wildman–Crippen LogP) is 2.81. The van der Waals surface area contributed by atoms with E-state index in [9.17, 15) is 14.4 Å². The van der Waals surface area contributed by atoms with Gasteiger partial charge in [0, 0.05) is 17.3 Å². The van der Waals surface area contributed by atoms with Crippen LogP contribution in [0.2, 0.25) is 0 Å². The van der Waals surface area contributed by atoms with Crippen LogP contribution in [0.1, 0.15) is 5.56 Å². The molecule has 0 aliphatic carbocycles. The zero-order chi connectivity index (χ0) is 25.0. The third kappa shape index (κ3) is 7.32. The van der Waals surface area contributed by atoms with Gasteiger partial charge >= 0.3 is 11.8 Å². The maximum absolute atomic E-state index is 12.2. The van der Waals surface area contributed by atoms with E-state index < -0.39 is 11.8 Å². The zero-order valence-corrected chi connectivity index (χ0v) is 19.1. The molecule has 0 atom stereocenters. The van der Waals surface area contributed by atoms with Gasteiger partial charge in [-0.3, -0.25) is 14.4 Å². The summed E-state index contributed by atoms with van der Waals surface area (Å²) in [5.41, 5.74) is 3.57. The Bertz CT molecular complexity index is 1230. The van der Waals surface area contributed by atoms with E-state index in [1.807, 2.05) is 0 Å². The van der Waals surface area contributed by atoms with E-state index in [1.165, 1.54) is 20.4 Å². The number of rotatable bonds is 9. The van der Waals surface area contributed by atoms with Crippen molar-refractivity contribution in [2.75, 3.05) is 31.5 Å². The van der Waals surface area contributed by atoms with E-state index in [1.54, 1.807) is 72.8 Å². The van der Waals surface area contributed by atoms with Crippen molar-refractivity contribution in [2.45, 2.75) is 0 Å². The topological polar surface area (TPSA) is 127 Å². The Morgan fingerprint density at radius 2 is 1.57 bits per heavy atom.